The Hall–Kier alpha value is -2.82. The van der Waals surface area contributed by atoms with Crippen LogP contribution in [-0.2, 0) is 35.5 Å². The minimum atomic E-state index is -0.409. The van der Waals surface area contributed by atoms with Gasteiger partial charge in [-0.05, 0) is 61.9 Å². The molecular formula is C26H29ClN4O4S2. The summed E-state index contributed by atoms with van der Waals surface area (Å²) in [4.78, 5) is 26.6. The van der Waals surface area contributed by atoms with Crippen LogP contribution >= 0.6 is 34.7 Å². The van der Waals surface area contributed by atoms with E-state index >= 15 is 0 Å². The standard InChI is InChI=1S/C26H29ClN4O4S2/c1-4-12-31-21(14-35-17-10-11-19(27)16(2)13-17)29-30-26(31)36-15-22(32)28-24-23(25(33)34-3)18-8-6-5-7-9-20(18)37-24/h4,10-11,13H,1,5-9,12,14-15H2,2-3H3,(H,28,32). The zero-order valence-corrected chi connectivity index (χ0v) is 23.2. The number of nitrogens with one attached hydrogen (secondary N) is 1. The summed E-state index contributed by atoms with van der Waals surface area (Å²) in [7, 11) is 1.37. The summed E-state index contributed by atoms with van der Waals surface area (Å²) < 4.78 is 12.8. The van der Waals surface area contributed by atoms with Crippen molar-refractivity contribution in [2.24, 2.45) is 0 Å². The van der Waals surface area contributed by atoms with E-state index in [0.29, 0.717) is 38.9 Å². The fraction of sp³-hybridized carbons (Fsp3) is 0.385. The lowest BCUT2D eigenvalue weighted by atomic mass is 10.1. The van der Waals surface area contributed by atoms with E-state index in [2.05, 4.69) is 22.1 Å². The summed E-state index contributed by atoms with van der Waals surface area (Å²) in [5.74, 6) is 0.767. The number of nitrogens with zero attached hydrogens (tertiary/aromatic N) is 3. The fourth-order valence-corrected chi connectivity index (χ4v) is 6.32. The highest BCUT2D eigenvalue weighted by Crippen LogP contribution is 2.38. The Morgan fingerprint density at radius 3 is 2.84 bits per heavy atom. The Balaban J connectivity index is 1.43. The molecule has 1 N–H and O–H groups in total. The van der Waals surface area contributed by atoms with Crippen molar-refractivity contribution in [1.29, 1.82) is 0 Å². The SMILES string of the molecule is C=CCn1c(COc2ccc(Cl)c(C)c2)nnc1SCC(=O)Nc1sc2c(c1C(=O)OC)CCCCC2. The molecule has 3 aromatic rings. The molecule has 196 valence electrons. The minimum absolute atomic E-state index is 0.107. The predicted molar refractivity (Wildman–Crippen MR) is 147 cm³/mol. The molecule has 8 nitrogen and oxygen atoms in total. The van der Waals surface area contributed by atoms with Gasteiger partial charge in [0, 0.05) is 16.4 Å². The zero-order chi connectivity index (χ0) is 26.4. The number of thioether (sulfide) groups is 1. The second-order valence-corrected chi connectivity index (χ2v) is 11.0. The van der Waals surface area contributed by atoms with E-state index in [-0.39, 0.29) is 18.3 Å². The van der Waals surface area contributed by atoms with Crippen LogP contribution in [0.25, 0.3) is 0 Å². The van der Waals surface area contributed by atoms with Crippen molar-refractivity contribution in [2.45, 2.75) is 57.3 Å². The van der Waals surface area contributed by atoms with E-state index in [1.165, 1.54) is 30.2 Å². The van der Waals surface area contributed by atoms with Gasteiger partial charge in [-0.15, -0.1) is 28.1 Å². The third-order valence-corrected chi connectivity index (χ3v) is 8.60. The Labute approximate surface area is 229 Å². The predicted octanol–water partition coefficient (Wildman–Crippen LogP) is 5.85. The molecule has 1 amide bonds. The third-order valence-electron chi connectivity index (χ3n) is 6.00. The van der Waals surface area contributed by atoms with Crippen LogP contribution in [-0.4, -0.2) is 39.5 Å². The van der Waals surface area contributed by atoms with Crippen LogP contribution in [0.5, 0.6) is 5.75 Å². The fourth-order valence-electron chi connectivity index (χ4n) is 4.14. The van der Waals surface area contributed by atoms with Crippen molar-refractivity contribution in [3.63, 3.8) is 0 Å². The van der Waals surface area contributed by atoms with Crippen LogP contribution in [0.15, 0.2) is 36.0 Å². The van der Waals surface area contributed by atoms with Crippen molar-refractivity contribution >= 4 is 51.6 Å². The topological polar surface area (TPSA) is 95.3 Å². The van der Waals surface area contributed by atoms with Crippen LogP contribution < -0.4 is 10.1 Å². The van der Waals surface area contributed by atoms with E-state index in [0.717, 1.165) is 48.1 Å². The quantitative estimate of drug-likeness (QED) is 0.144. The number of rotatable bonds is 10. The highest BCUT2D eigenvalue weighted by molar-refractivity contribution is 7.99. The summed E-state index contributed by atoms with van der Waals surface area (Å²) in [5.41, 5.74) is 2.43. The Kier molecular flexibility index (Phi) is 9.28. The number of aryl methyl sites for hydroxylation is 2. The molecule has 2 aromatic heterocycles. The van der Waals surface area contributed by atoms with Crippen LogP contribution in [0.1, 0.15) is 51.4 Å². The van der Waals surface area contributed by atoms with Gasteiger partial charge in [0.2, 0.25) is 5.91 Å². The van der Waals surface area contributed by atoms with Crippen molar-refractivity contribution in [3.8, 4) is 5.75 Å². The van der Waals surface area contributed by atoms with Gasteiger partial charge in [-0.25, -0.2) is 4.79 Å². The number of halogens is 1. The number of ether oxygens (including phenoxy) is 2. The lowest BCUT2D eigenvalue weighted by molar-refractivity contribution is -0.113. The maximum Gasteiger partial charge on any atom is 0.341 e. The average molecular weight is 561 g/mol. The summed E-state index contributed by atoms with van der Waals surface area (Å²) in [5, 5.41) is 13.3. The first kappa shape index (κ1) is 27.2. The highest BCUT2D eigenvalue weighted by atomic mass is 35.5. The molecule has 0 unspecified atom stereocenters. The Bertz CT molecular complexity index is 1300. The van der Waals surface area contributed by atoms with E-state index in [9.17, 15) is 9.59 Å². The number of amides is 1. The molecule has 0 aliphatic heterocycles. The molecule has 0 saturated heterocycles. The van der Waals surface area contributed by atoms with Crippen molar-refractivity contribution in [2.75, 3.05) is 18.2 Å². The summed E-state index contributed by atoms with van der Waals surface area (Å²) in [6.45, 7) is 6.41. The second kappa shape index (κ2) is 12.6. The minimum Gasteiger partial charge on any atom is -0.486 e. The van der Waals surface area contributed by atoms with Gasteiger partial charge in [0.25, 0.3) is 0 Å². The average Bonchev–Trinajstić information content (AvgIpc) is 3.34. The van der Waals surface area contributed by atoms with Gasteiger partial charge >= 0.3 is 5.97 Å². The van der Waals surface area contributed by atoms with Crippen LogP contribution in [0.2, 0.25) is 5.02 Å². The molecule has 0 radical (unpaired) electrons. The molecule has 4 rings (SSSR count). The third kappa shape index (κ3) is 6.55. The van der Waals surface area contributed by atoms with E-state index in [1.54, 1.807) is 18.2 Å². The lowest BCUT2D eigenvalue weighted by Crippen LogP contribution is -2.17. The molecule has 1 aliphatic rings. The van der Waals surface area contributed by atoms with Crippen LogP contribution in [0.3, 0.4) is 0 Å². The molecule has 11 heteroatoms. The zero-order valence-electron chi connectivity index (χ0n) is 20.8. The maximum absolute atomic E-state index is 12.9. The van der Waals surface area contributed by atoms with Gasteiger partial charge < -0.3 is 14.8 Å². The maximum atomic E-state index is 12.9. The van der Waals surface area contributed by atoms with Crippen LogP contribution in [0, 0.1) is 6.92 Å². The summed E-state index contributed by atoms with van der Waals surface area (Å²) in [6.07, 6.45) is 6.73. The highest BCUT2D eigenvalue weighted by Gasteiger charge is 2.26. The smallest absolute Gasteiger partial charge is 0.341 e. The second-order valence-electron chi connectivity index (χ2n) is 8.59. The van der Waals surface area contributed by atoms with Gasteiger partial charge in [-0.2, -0.15) is 0 Å². The molecule has 0 fully saturated rings. The number of anilines is 1. The van der Waals surface area contributed by atoms with E-state index in [1.807, 2.05) is 17.6 Å². The number of hydrogen-bond acceptors (Lipinski definition) is 8. The first-order valence-corrected chi connectivity index (χ1v) is 14.2. The normalized spacial score (nSPS) is 12.9. The van der Waals surface area contributed by atoms with Gasteiger partial charge in [0.1, 0.15) is 17.4 Å². The Morgan fingerprint density at radius 2 is 2.08 bits per heavy atom. The van der Waals surface area contributed by atoms with Gasteiger partial charge in [-0.3, -0.25) is 9.36 Å². The molecule has 2 heterocycles. The number of aromatic nitrogens is 3. The molecule has 1 aliphatic carbocycles. The molecule has 0 spiro atoms. The number of benzene rings is 1. The number of hydrogen-bond donors (Lipinski definition) is 1. The van der Waals surface area contributed by atoms with Gasteiger partial charge in [0.15, 0.2) is 11.0 Å². The molecule has 37 heavy (non-hydrogen) atoms. The number of fused-ring (bicyclic) bond motifs is 1. The number of esters is 1. The summed E-state index contributed by atoms with van der Waals surface area (Å²) in [6, 6.07) is 5.46. The molecule has 1 aromatic carbocycles. The van der Waals surface area contributed by atoms with E-state index < -0.39 is 5.97 Å². The lowest BCUT2D eigenvalue weighted by Gasteiger charge is -2.10. The number of allylic oxidation sites excluding steroid dienone is 1. The van der Waals surface area contributed by atoms with Gasteiger partial charge in [-0.1, -0.05) is 35.9 Å². The monoisotopic (exact) mass is 560 g/mol. The number of carbonyl (C=O) groups is 2. The van der Waals surface area contributed by atoms with Gasteiger partial charge in [0.05, 0.1) is 18.4 Å². The van der Waals surface area contributed by atoms with Crippen molar-refractivity contribution in [1.82, 2.24) is 14.8 Å². The van der Waals surface area contributed by atoms with Crippen molar-refractivity contribution in [3.05, 3.63) is 63.3 Å². The molecule has 0 bridgehead atoms. The summed E-state index contributed by atoms with van der Waals surface area (Å²) >= 11 is 8.83. The van der Waals surface area contributed by atoms with Crippen LogP contribution in [0.4, 0.5) is 5.00 Å². The molecule has 0 saturated carbocycles. The number of thiophene rings is 1. The first-order valence-electron chi connectivity index (χ1n) is 12.0. The number of methoxy groups -OCH3 is 1. The first-order chi connectivity index (χ1) is 17.9. The largest absolute Gasteiger partial charge is 0.486 e. The Morgan fingerprint density at radius 1 is 1.27 bits per heavy atom. The molecular weight excluding hydrogens is 532 g/mol. The van der Waals surface area contributed by atoms with Crippen molar-refractivity contribution < 1.29 is 19.1 Å². The number of carbonyl (C=O) groups excluding carboxylic acids is 2. The molecule has 0 atom stereocenters. The van der Waals surface area contributed by atoms with E-state index in [4.69, 9.17) is 21.1 Å².